The Balaban J connectivity index is 2.12. The fraction of sp³-hybridized carbons (Fsp3) is 0.471. The maximum absolute atomic E-state index is 11.6. The minimum absolute atomic E-state index is 0.0140. The minimum atomic E-state index is -0.686. The standard InChI is InChI=1S/C17H23N3OS/c1-3-15(18)14-11-13-6-4-5-12(2)16(13)19-17(14)20-7-9-22(21)10-8-20/h4-6,11,15H,3,7-10,18H2,1-2H3. The van der Waals surface area contributed by atoms with Gasteiger partial charge in [-0.3, -0.25) is 4.21 Å². The molecular weight excluding hydrogens is 294 g/mol. The van der Waals surface area contributed by atoms with Gasteiger partial charge in [-0.15, -0.1) is 0 Å². The summed E-state index contributed by atoms with van der Waals surface area (Å²) in [5.41, 5.74) is 9.65. The Morgan fingerprint density at radius 3 is 2.77 bits per heavy atom. The van der Waals surface area contributed by atoms with Crippen LogP contribution in [0.3, 0.4) is 0 Å². The van der Waals surface area contributed by atoms with Gasteiger partial charge in [0.15, 0.2) is 0 Å². The molecule has 0 saturated carbocycles. The predicted octanol–water partition coefficient (Wildman–Crippen LogP) is 2.52. The fourth-order valence-corrected chi connectivity index (χ4v) is 4.00. The van der Waals surface area contributed by atoms with Gasteiger partial charge >= 0.3 is 0 Å². The number of rotatable bonds is 3. The van der Waals surface area contributed by atoms with Crippen molar-refractivity contribution >= 4 is 27.5 Å². The van der Waals surface area contributed by atoms with Gasteiger partial charge in [0.1, 0.15) is 5.82 Å². The van der Waals surface area contributed by atoms with Crippen LogP contribution in [0.2, 0.25) is 0 Å². The first-order valence-electron chi connectivity index (χ1n) is 7.86. The number of para-hydroxylation sites is 1. The van der Waals surface area contributed by atoms with Gasteiger partial charge in [-0.1, -0.05) is 25.1 Å². The van der Waals surface area contributed by atoms with Gasteiger partial charge in [-0.2, -0.15) is 0 Å². The van der Waals surface area contributed by atoms with Crippen molar-refractivity contribution in [1.82, 2.24) is 4.98 Å². The molecule has 118 valence electrons. The lowest BCUT2D eigenvalue weighted by Gasteiger charge is -2.30. The summed E-state index contributed by atoms with van der Waals surface area (Å²) in [7, 11) is -0.686. The molecular formula is C17H23N3OS. The highest BCUT2D eigenvalue weighted by Crippen LogP contribution is 2.30. The van der Waals surface area contributed by atoms with Gasteiger partial charge in [0.25, 0.3) is 0 Å². The molecule has 2 N–H and O–H groups in total. The van der Waals surface area contributed by atoms with Crippen LogP contribution in [0.4, 0.5) is 5.82 Å². The molecule has 1 fully saturated rings. The SMILES string of the molecule is CCC(N)c1cc2cccc(C)c2nc1N1CCS(=O)CC1. The number of nitrogens with two attached hydrogens (primary N) is 1. The van der Waals surface area contributed by atoms with E-state index in [1.165, 1.54) is 5.56 Å². The second-order valence-electron chi connectivity index (χ2n) is 5.90. The fourth-order valence-electron chi connectivity index (χ4n) is 2.95. The molecule has 5 heteroatoms. The van der Waals surface area contributed by atoms with Crippen LogP contribution in [0.25, 0.3) is 10.9 Å². The zero-order chi connectivity index (χ0) is 15.7. The number of hydrogen-bond acceptors (Lipinski definition) is 4. The van der Waals surface area contributed by atoms with Crippen LogP contribution >= 0.6 is 0 Å². The number of pyridine rings is 1. The third-order valence-corrected chi connectivity index (χ3v) is 5.65. The summed E-state index contributed by atoms with van der Waals surface area (Å²) < 4.78 is 11.6. The summed E-state index contributed by atoms with van der Waals surface area (Å²) in [6, 6.07) is 8.41. The molecule has 0 amide bonds. The highest BCUT2D eigenvalue weighted by molar-refractivity contribution is 7.85. The zero-order valence-electron chi connectivity index (χ0n) is 13.2. The van der Waals surface area contributed by atoms with Crippen LogP contribution in [0.15, 0.2) is 24.3 Å². The van der Waals surface area contributed by atoms with E-state index in [0.29, 0.717) is 11.5 Å². The predicted molar refractivity (Wildman–Crippen MR) is 93.8 cm³/mol. The van der Waals surface area contributed by atoms with E-state index in [1.54, 1.807) is 0 Å². The Morgan fingerprint density at radius 1 is 1.36 bits per heavy atom. The van der Waals surface area contributed by atoms with Gasteiger partial charge in [-0.05, 0) is 25.0 Å². The van der Waals surface area contributed by atoms with Crippen LogP contribution in [-0.2, 0) is 10.8 Å². The lowest BCUT2D eigenvalue weighted by atomic mass is 10.0. The van der Waals surface area contributed by atoms with E-state index in [2.05, 4.69) is 43.0 Å². The molecule has 1 unspecified atom stereocenters. The Bertz CT molecular complexity index is 706. The quantitative estimate of drug-likeness (QED) is 0.945. The Hall–Kier alpha value is -1.46. The van der Waals surface area contributed by atoms with Gasteiger partial charge in [0.05, 0.1) is 5.52 Å². The maximum Gasteiger partial charge on any atom is 0.134 e. The largest absolute Gasteiger partial charge is 0.354 e. The summed E-state index contributed by atoms with van der Waals surface area (Å²) in [5.74, 6) is 2.41. The summed E-state index contributed by atoms with van der Waals surface area (Å²) in [5, 5.41) is 1.14. The molecule has 1 aliphatic rings. The van der Waals surface area contributed by atoms with Crippen molar-refractivity contribution in [3.8, 4) is 0 Å². The number of anilines is 1. The zero-order valence-corrected chi connectivity index (χ0v) is 14.0. The molecule has 22 heavy (non-hydrogen) atoms. The molecule has 1 atom stereocenters. The number of aromatic nitrogens is 1. The lowest BCUT2D eigenvalue weighted by Crippen LogP contribution is -2.39. The summed E-state index contributed by atoms with van der Waals surface area (Å²) >= 11 is 0. The molecule has 1 aromatic heterocycles. The van der Waals surface area contributed by atoms with Crippen molar-refractivity contribution < 1.29 is 4.21 Å². The topological polar surface area (TPSA) is 59.2 Å². The molecule has 2 heterocycles. The number of fused-ring (bicyclic) bond motifs is 1. The molecule has 0 bridgehead atoms. The number of nitrogens with zero attached hydrogens (tertiary/aromatic N) is 2. The number of hydrogen-bond donors (Lipinski definition) is 1. The summed E-state index contributed by atoms with van der Waals surface area (Å²) in [6.45, 7) is 5.77. The first kappa shape index (κ1) is 15.4. The average molecular weight is 317 g/mol. The monoisotopic (exact) mass is 317 g/mol. The molecule has 0 spiro atoms. The number of benzene rings is 1. The van der Waals surface area contributed by atoms with Crippen molar-refractivity contribution in [2.24, 2.45) is 5.73 Å². The van der Waals surface area contributed by atoms with Gasteiger partial charge in [0.2, 0.25) is 0 Å². The van der Waals surface area contributed by atoms with E-state index in [4.69, 9.17) is 10.7 Å². The third-order valence-electron chi connectivity index (χ3n) is 4.37. The maximum atomic E-state index is 11.6. The molecule has 0 aliphatic carbocycles. The second-order valence-corrected chi connectivity index (χ2v) is 7.59. The van der Waals surface area contributed by atoms with Crippen LogP contribution in [0, 0.1) is 6.92 Å². The van der Waals surface area contributed by atoms with E-state index in [-0.39, 0.29) is 6.04 Å². The molecule has 1 saturated heterocycles. The summed E-state index contributed by atoms with van der Waals surface area (Å²) in [4.78, 5) is 7.19. The smallest absolute Gasteiger partial charge is 0.134 e. The van der Waals surface area contributed by atoms with E-state index < -0.39 is 10.8 Å². The molecule has 1 aliphatic heterocycles. The van der Waals surface area contributed by atoms with E-state index >= 15 is 0 Å². The Labute approximate surface area is 134 Å². The van der Waals surface area contributed by atoms with Crippen molar-refractivity contribution in [2.75, 3.05) is 29.5 Å². The molecule has 2 aromatic rings. The average Bonchev–Trinajstić information content (AvgIpc) is 2.54. The van der Waals surface area contributed by atoms with E-state index in [0.717, 1.165) is 41.8 Å². The minimum Gasteiger partial charge on any atom is -0.354 e. The van der Waals surface area contributed by atoms with E-state index in [1.807, 2.05) is 0 Å². The second kappa shape index (κ2) is 6.34. The first-order chi connectivity index (χ1) is 10.6. The van der Waals surface area contributed by atoms with Gasteiger partial charge in [0, 0.05) is 52.4 Å². The molecule has 0 radical (unpaired) electrons. The van der Waals surface area contributed by atoms with Gasteiger partial charge in [-0.25, -0.2) is 4.98 Å². The van der Waals surface area contributed by atoms with Crippen LogP contribution in [0.1, 0.15) is 30.5 Å². The van der Waals surface area contributed by atoms with E-state index in [9.17, 15) is 4.21 Å². The highest BCUT2D eigenvalue weighted by atomic mass is 32.2. The van der Waals surface area contributed by atoms with Crippen LogP contribution < -0.4 is 10.6 Å². The lowest BCUT2D eigenvalue weighted by molar-refractivity contribution is 0.666. The molecule has 3 rings (SSSR count). The van der Waals surface area contributed by atoms with Crippen molar-refractivity contribution in [2.45, 2.75) is 26.3 Å². The van der Waals surface area contributed by atoms with Crippen LogP contribution in [-0.4, -0.2) is 33.8 Å². The number of aryl methyl sites for hydroxylation is 1. The molecule has 4 nitrogen and oxygen atoms in total. The Kier molecular flexibility index (Phi) is 4.45. The van der Waals surface area contributed by atoms with Gasteiger partial charge < -0.3 is 10.6 Å². The van der Waals surface area contributed by atoms with Crippen molar-refractivity contribution in [1.29, 1.82) is 0 Å². The normalized spacial score (nSPS) is 17.9. The van der Waals surface area contributed by atoms with Crippen LogP contribution in [0.5, 0.6) is 0 Å². The first-order valence-corrected chi connectivity index (χ1v) is 9.34. The molecule has 1 aromatic carbocycles. The van der Waals surface area contributed by atoms with Crippen molar-refractivity contribution in [3.63, 3.8) is 0 Å². The highest BCUT2D eigenvalue weighted by Gasteiger charge is 2.22. The Morgan fingerprint density at radius 2 is 2.09 bits per heavy atom. The summed E-state index contributed by atoms with van der Waals surface area (Å²) in [6.07, 6.45) is 0.881. The third kappa shape index (κ3) is 2.88. The van der Waals surface area contributed by atoms with Crippen molar-refractivity contribution in [3.05, 3.63) is 35.4 Å².